The summed E-state index contributed by atoms with van der Waals surface area (Å²) in [5.41, 5.74) is 2.09. The number of benzene rings is 1. The summed E-state index contributed by atoms with van der Waals surface area (Å²) < 4.78 is 5.55. The number of carbonyl (C=O) groups is 1. The van der Waals surface area contributed by atoms with Gasteiger partial charge in [0.1, 0.15) is 6.10 Å². The molecule has 2 aromatic rings. The van der Waals surface area contributed by atoms with Gasteiger partial charge in [0.2, 0.25) is 0 Å². The molecule has 2 heterocycles. The van der Waals surface area contributed by atoms with Crippen molar-refractivity contribution in [2.24, 2.45) is 0 Å². The molecule has 0 N–H and O–H groups in total. The zero-order chi connectivity index (χ0) is 13.8. The van der Waals surface area contributed by atoms with E-state index in [9.17, 15) is 4.79 Å². The minimum absolute atomic E-state index is 0.0694. The number of carbonyl (C=O) groups excluding carboxylic acids is 1. The summed E-state index contributed by atoms with van der Waals surface area (Å²) in [4.78, 5) is 14.5. The summed E-state index contributed by atoms with van der Waals surface area (Å²) in [6.45, 7) is 1.30. The van der Waals surface area contributed by atoms with Crippen molar-refractivity contribution in [3.63, 3.8) is 0 Å². The van der Waals surface area contributed by atoms with Crippen LogP contribution in [0.2, 0.25) is 0 Å². The summed E-state index contributed by atoms with van der Waals surface area (Å²) in [5, 5.41) is 4.12. The fraction of sp³-hybridized carbons (Fsp3) is 0.312. The molecule has 1 aromatic heterocycles. The minimum atomic E-state index is -0.283. The van der Waals surface area contributed by atoms with Crippen molar-refractivity contribution in [3.05, 3.63) is 52.7 Å². The molecule has 0 aliphatic carbocycles. The number of hydrogen-bond donors (Lipinski definition) is 0. The molecular formula is C16H17NO2S. The van der Waals surface area contributed by atoms with Crippen molar-refractivity contribution in [2.75, 3.05) is 11.5 Å². The van der Waals surface area contributed by atoms with Gasteiger partial charge in [0.25, 0.3) is 5.91 Å². The van der Waals surface area contributed by atoms with Gasteiger partial charge in [-0.15, -0.1) is 0 Å². The SMILES string of the molecule is O=C(C1CCCO1)N(Cc1ccsc1)c1ccccc1. The van der Waals surface area contributed by atoms with E-state index in [1.807, 2.05) is 40.6 Å². The first kappa shape index (κ1) is 13.3. The molecule has 20 heavy (non-hydrogen) atoms. The quantitative estimate of drug-likeness (QED) is 0.862. The summed E-state index contributed by atoms with van der Waals surface area (Å²) in [6.07, 6.45) is 1.51. The number of rotatable bonds is 4. The van der Waals surface area contributed by atoms with Crippen LogP contribution in [-0.2, 0) is 16.1 Å². The Labute approximate surface area is 122 Å². The van der Waals surface area contributed by atoms with Gasteiger partial charge in [-0.1, -0.05) is 18.2 Å². The van der Waals surface area contributed by atoms with E-state index in [1.54, 1.807) is 11.3 Å². The second-order valence-corrected chi connectivity index (χ2v) is 5.67. The van der Waals surface area contributed by atoms with E-state index in [4.69, 9.17) is 4.74 Å². The summed E-state index contributed by atoms with van der Waals surface area (Å²) in [7, 11) is 0. The third kappa shape index (κ3) is 2.92. The molecule has 1 aliphatic heterocycles. The zero-order valence-corrected chi connectivity index (χ0v) is 12.0. The topological polar surface area (TPSA) is 29.5 Å². The highest BCUT2D eigenvalue weighted by Crippen LogP contribution is 2.23. The van der Waals surface area contributed by atoms with Crippen LogP contribution in [0.25, 0.3) is 0 Å². The lowest BCUT2D eigenvalue weighted by Gasteiger charge is -2.25. The fourth-order valence-corrected chi connectivity index (χ4v) is 3.08. The van der Waals surface area contributed by atoms with Crippen molar-refractivity contribution in [1.29, 1.82) is 0 Å². The van der Waals surface area contributed by atoms with Gasteiger partial charge in [-0.05, 0) is 47.4 Å². The smallest absolute Gasteiger partial charge is 0.256 e. The molecule has 1 atom stereocenters. The molecule has 1 unspecified atom stereocenters. The van der Waals surface area contributed by atoms with Gasteiger partial charge in [0.15, 0.2) is 0 Å². The van der Waals surface area contributed by atoms with Gasteiger partial charge in [-0.3, -0.25) is 4.79 Å². The zero-order valence-electron chi connectivity index (χ0n) is 11.2. The van der Waals surface area contributed by atoms with E-state index < -0.39 is 0 Å². The molecule has 104 valence electrons. The standard InChI is InChI=1S/C16H17NO2S/c18-16(15-7-4-9-19-15)17(11-13-8-10-20-12-13)14-5-2-1-3-6-14/h1-3,5-6,8,10,12,15H,4,7,9,11H2. The molecule has 1 saturated heterocycles. The van der Waals surface area contributed by atoms with Crippen molar-refractivity contribution in [1.82, 2.24) is 0 Å². The van der Waals surface area contributed by atoms with Crippen LogP contribution >= 0.6 is 11.3 Å². The average molecular weight is 287 g/mol. The molecule has 1 fully saturated rings. The first-order valence-electron chi connectivity index (χ1n) is 6.84. The maximum atomic E-state index is 12.7. The average Bonchev–Trinajstić information content (AvgIpc) is 3.18. The molecule has 4 heteroatoms. The maximum Gasteiger partial charge on any atom is 0.256 e. The van der Waals surface area contributed by atoms with E-state index in [2.05, 4.69) is 11.4 Å². The number of thiophene rings is 1. The van der Waals surface area contributed by atoms with Gasteiger partial charge in [-0.25, -0.2) is 0 Å². The van der Waals surface area contributed by atoms with Gasteiger partial charge in [0.05, 0.1) is 6.54 Å². The van der Waals surface area contributed by atoms with Crippen LogP contribution in [0.1, 0.15) is 18.4 Å². The molecular weight excluding hydrogens is 270 g/mol. The molecule has 3 rings (SSSR count). The normalized spacial score (nSPS) is 18.1. The van der Waals surface area contributed by atoms with Gasteiger partial charge in [-0.2, -0.15) is 11.3 Å². The van der Waals surface area contributed by atoms with Crippen molar-refractivity contribution in [3.8, 4) is 0 Å². The fourth-order valence-electron chi connectivity index (χ4n) is 2.42. The third-order valence-corrected chi connectivity index (χ3v) is 4.19. The van der Waals surface area contributed by atoms with Crippen LogP contribution in [0.15, 0.2) is 47.2 Å². The van der Waals surface area contributed by atoms with Crippen molar-refractivity contribution >= 4 is 22.9 Å². The molecule has 0 radical (unpaired) electrons. The Kier molecular flexibility index (Phi) is 4.14. The van der Waals surface area contributed by atoms with Crippen LogP contribution in [0.3, 0.4) is 0 Å². The lowest BCUT2D eigenvalue weighted by atomic mass is 10.1. The number of anilines is 1. The molecule has 1 aromatic carbocycles. The van der Waals surface area contributed by atoms with E-state index in [0.717, 1.165) is 24.1 Å². The second-order valence-electron chi connectivity index (χ2n) is 4.89. The van der Waals surface area contributed by atoms with Gasteiger partial charge >= 0.3 is 0 Å². The lowest BCUT2D eigenvalue weighted by Crippen LogP contribution is -2.38. The monoisotopic (exact) mass is 287 g/mol. The Morgan fingerprint density at radius 3 is 2.80 bits per heavy atom. The van der Waals surface area contributed by atoms with Crippen LogP contribution < -0.4 is 4.90 Å². The molecule has 0 bridgehead atoms. The largest absolute Gasteiger partial charge is 0.368 e. The molecule has 0 saturated carbocycles. The Morgan fingerprint density at radius 2 is 2.15 bits per heavy atom. The van der Waals surface area contributed by atoms with Crippen molar-refractivity contribution in [2.45, 2.75) is 25.5 Å². The summed E-state index contributed by atoms with van der Waals surface area (Å²) in [6, 6.07) is 11.9. The number of ether oxygens (including phenoxy) is 1. The second kappa shape index (κ2) is 6.20. The van der Waals surface area contributed by atoms with Crippen molar-refractivity contribution < 1.29 is 9.53 Å². The van der Waals surface area contributed by atoms with Crippen LogP contribution in [0, 0.1) is 0 Å². The first-order chi connectivity index (χ1) is 9.84. The van der Waals surface area contributed by atoms with Crippen LogP contribution in [-0.4, -0.2) is 18.6 Å². The van der Waals surface area contributed by atoms with E-state index in [0.29, 0.717) is 13.2 Å². The lowest BCUT2D eigenvalue weighted by molar-refractivity contribution is -0.127. The molecule has 3 nitrogen and oxygen atoms in total. The van der Waals surface area contributed by atoms with Gasteiger partial charge < -0.3 is 9.64 Å². The Hall–Kier alpha value is -1.65. The highest BCUT2D eigenvalue weighted by atomic mass is 32.1. The maximum absolute atomic E-state index is 12.7. The Bertz CT molecular complexity index is 547. The first-order valence-corrected chi connectivity index (χ1v) is 7.78. The van der Waals surface area contributed by atoms with E-state index >= 15 is 0 Å². The molecule has 0 spiro atoms. The minimum Gasteiger partial charge on any atom is -0.368 e. The van der Waals surface area contributed by atoms with Crippen LogP contribution in [0.4, 0.5) is 5.69 Å². The molecule has 1 amide bonds. The summed E-state index contributed by atoms with van der Waals surface area (Å²) >= 11 is 1.65. The highest BCUT2D eigenvalue weighted by Gasteiger charge is 2.29. The van der Waals surface area contributed by atoms with Crippen LogP contribution in [0.5, 0.6) is 0 Å². The van der Waals surface area contributed by atoms with E-state index in [-0.39, 0.29) is 12.0 Å². The number of nitrogens with zero attached hydrogens (tertiary/aromatic N) is 1. The van der Waals surface area contributed by atoms with Gasteiger partial charge in [0, 0.05) is 12.3 Å². The molecule has 1 aliphatic rings. The number of para-hydroxylation sites is 1. The highest BCUT2D eigenvalue weighted by molar-refractivity contribution is 7.07. The number of hydrogen-bond acceptors (Lipinski definition) is 3. The summed E-state index contributed by atoms with van der Waals surface area (Å²) in [5.74, 6) is 0.0694. The predicted octanol–water partition coefficient (Wildman–Crippen LogP) is 3.46. The third-order valence-electron chi connectivity index (χ3n) is 3.46. The Morgan fingerprint density at radius 1 is 1.30 bits per heavy atom. The Balaban J connectivity index is 1.84. The van der Waals surface area contributed by atoms with E-state index in [1.165, 1.54) is 0 Å². The number of amides is 1. The predicted molar refractivity (Wildman–Crippen MR) is 80.9 cm³/mol.